The summed E-state index contributed by atoms with van der Waals surface area (Å²) in [6.07, 6.45) is 5.37. The molecule has 6 nitrogen and oxygen atoms in total. The molecule has 0 spiro atoms. The van der Waals surface area contributed by atoms with Crippen molar-refractivity contribution in [2.24, 2.45) is 8.73 Å². The van der Waals surface area contributed by atoms with E-state index < -0.39 is 10.0 Å². The normalized spacial score (nSPS) is 27.0. The topological polar surface area (TPSA) is 65.3 Å². The largest absolute Gasteiger partial charge is 0.296 e. The first kappa shape index (κ1) is 16.8. The van der Waals surface area contributed by atoms with E-state index in [4.69, 9.17) is 0 Å². The molecule has 3 aliphatic rings. The van der Waals surface area contributed by atoms with Crippen LogP contribution in [0.25, 0.3) is 0 Å². The van der Waals surface area contributed by atoms with Gasteiger partial charge in [-0.25, -0.2) is 17.1 Å². The summed E-state index contributed by atoms with van der Waals surface area (Å²) in [5, 5.41) is 0. The lowest BCUT2D eigenvalue weighted by atomic mass is 10.1. The summed E-state index contributed by atoms with van der Waals surface area (Å²) in [5.74, 6) is 0. The van der Waals surface area contributed by atoms with Crippen LogP contribution in [0.4, 0.5) is 0 Å². The van der Waals surface area contributed by atoms with Gasteiger partial charge in [0.1, 0.15) is 12.1 Å². The molecule has 1 saturated heterocycles. The summed E-state index contributed by atoms with van der Waals surface area (Å²) < 4.78 is 36.2. The number of benzene rings is 1. The fourth-order valence-electron chi connectivity index (χ4n) is 3.33. The van der Waals surface area contributed by atoms with Crippen molar-refractivity contribution < 1.29 is 8.42 Å². The van der Waals surface area contributed by atoms with Crippen molar-refractivity contribution in [3.63, 3.8) is 0 Å². The lowest BCUT2D eigenvalue weighted by Gasteiger charge is -2.35. The zero-order valence-electron chi connectivity index (χ0n) is 13.7. The van der Waals surface area contributed by atoms with Gasteiger partial charge < -0.3 is 0 Å². The standard InChI is InChI=1S/C17H20N4O2S2/c22-25(23,16-8-4-7-15-17(16)19-24-18-15)21-11-9-20(10-12-21)13-14-5-2-1-3-6-14/h1-8,15,17H,9-13H2/t15-,17-/m1/s1. The van der Waals surface area contributed by atoms with Gasteiger partial charge >= 0.3 is 0 Å². The molecule has 1 aromatic rings. The minimum Gasteiger partial charge on any atom is -0.296 e. The summed E-state index contributed by atoms with van der Waals surface area (Å²) in [7, 11) is -3.49. The lowest BCUT2D eigenvalue weighted by Crippen LogP contribution is -2.49. The van der Waals surface area contributed by atoms with Crippen molar-refractivity contribution in [2.45, 2.75) is 18.6 Å². The zero-order valence-corrected chi connectivity index (χ0v) is 15.4. The molecule has 8 heteroatoms. The van der Waals surface area contributed by atoms with Crippen LogP contribution in [0, 0.1) is 0 Å². The van der Waals surface area contributed by atoms with Gasteiger partial charge in [0.15, 0.2) is 0 Å². The summed E-state index contributed by atoms with van der Waals surface area (Å²) in [5.41, 5.74) is 1.25. The highest BCUT2D eigenvalue weighted by Gasteiger charge is 2.39. The van der Waals surface area contributed by atoms with Gasteiger partial charge in [0.2, 0.25) is 10.0 Å². The smallest absolute Gasteiger partial charge is 0.241 e. The average Bonchev–Trinajstić information content (AvgIpc) is 3.11. The Morgan fingerprint density at radius 2 is 1.84 bits per heavy atom. The Morgan fingerprint density at radius 1 is 1.08 bits per heavy atom. The molecule has 4 rings (SSSR count). The van der Waals surface area contributed by atoms with Crippen molar-refractivity contribution >= 4 is 21.4 Å². The number of sulfonamides is 1. The Kier molecular flexibility index (Phi) is 4.68. The van der Waals surface area contributed by atoms with E-state index in [-0.39, 0.29) is 12.1 Å². The Morgan fingerprint density at radius 3 is 2.60 bits per heavy atom. The summed E-state index contributed by atoms with van der Waals surface area (Å²) >= 11 is 1.11. The monoisotopic (exact) mass is 376 g/mol. The predicted molar refractivity (Wildman–Crippen MR) is 99.2 cm³/mol. The lowest BCUT2D eigenvalue weighted by molar-refractivity contribution is 0.182. The van der Waals surface area contributed by atoms with E-state index in [1.807, 2.05) is 24.3 Å². The van der Waals surface area contributed by atoms with Crippen LogP contribution in [-0.2, 0) is 27.9 Å². The van der Waals surface area contributed by atoms with Crippen molar-refractivity contribution in [1.82, 2.24) is 9.21 Å². The highest BCUT2D eigenvalue weighted by molar-refractivity contribution is 7.93. The Balaban J connectivity index is 1.42. The molecule has 0 bridgehead atoms. The molecule has 25 heavy (non-hydrogen) atoms. The van der Waals surface area contributed by atoms with Crippen LogP contribution in [0.2, 0.25) is 0 Å². The number of hydrogen-bond donors (Lipinski definition) is 0. The molecule has 0 unspecified atom stereocenters. The molecule has 2 aliphatic heterocycles. The number of fused-ring (bicyclic) bond motifs is 1. The first-order valence-corrected chi connectivity index (χ1v) is 10.5. The quantitative estimate of drug-likeness (QED) is 0.805. The molecule has 2 atom stereocenters. The van der Waals surface area contributed by atoms with Crippen LogP contribution in [0.3, 0.4) is 0 Å². The maximum atomic E-state index is 13.0. The van der Waals surface area contributed by atoms with Crippen molar-refractivity contribution in [1.29, 1.82) is 0 Å². The number of allylic oxidation sites excluding steroid dienone is 2. The third-order valence-corrected chi connectivity index (χ3v) is 7.41. The predicted octanol–water partition coefficient (Wildman–Crippen LogP) is 1.79. The van der Waals surface area contributed by atoms with Gasteiger partial charge in [-0.1, -0.05) is 42.5 Å². The summed E-state index contributed by atoms with van der Waals surface area (Å²) in [6, 6.07) is 9.75. The number of rotatable bonds is 4. The van der Waals surface area contributed by atoms with Gasteiger partial charge in [-0.05, 0) is 11.6 Å². The van der Waals surface area contributed by atoms with E-state index in [0.29, 0.717) is 18.0 Å². The minimum absolute atomic E-state index is 0.154. The number of piperazine rings is 1. The van der Waals surface area contributed by atoms with Gasteiger partial charge in [0, 0.05) is 32.7 Å². The molecule has 1 fully saturated rings. The zero-order chi connectivity index (χ0) is 17.3. The second kappa shape index (κ2) is 6.95. The fourth-order valence-corrected chi connectivity index (χ4v) is 5.78. The SMILES string of the molecule is O=S(=O)(C1=CC=C[C@H]2N=S=N[C@@H]12)N1CCN(Cc2ccccc2)CC1. The van der Waals surface area contributed by atoms with E-state index in [1.165, 1.54) is 5.56 Å². The van der Waals surface area contributed by atoms with E-state index >= 15 is 0 Å². The van der Waals surface area contributed by atoms with Gasteiger partial charge in [0.25, 0.3) is 0 Å². The van der Waals surface area contributed by atoms with Crippen molar-refractivity contribution in [3.05, 3.63) is 59.0 Å². The summed E-state index contributed by atoms with van der Waals surface area (Å²) in [6.45, 7) is 3.36. The summed E-state index contributed by atoms with van der Waals surface area (Å²) in [4.78, 5) is 2.68. The Labute approximate surface area is 151 Å². The van der Waals surface area contributed by atoms with Gasteiger partial charge in [0.05, 0.1) is 16.3 Å². The molecular formula is C17H20N4O2S2. The molecule has 132 valence electrons. The molecule has 0 N–H and O–H groups in total. The first-order valence-electron chi connectivity index (χ1n) is 8.36. The number of hydrogen-bond acceptors (Lipinski definition) is 5. The molecule has 0 aromatic heterocycles. The van der Waals surface area contributed by atoms with E-state index in [1.54, 1.807) is 16.5 Å². The van der Waals surface area contributed by atoms with Crippen LogP contribution in [-0.4, -0.2) is 55.9 Å². The van der Waals surface area contributed by atoms with Crippen LogP contribution >= 0.6 is 0 Å². The minimum atomic E-state index is -3.49. The van der Waals surface area contributed by atoms with Crippen molar-refractivity contribution in [2.75, 3.05) is 26.2 Å². The van der Waals surface area contributed by atoms with Gasteiger partial charge in [-0.3, -0.25) is 4.90 Å². The second-order valence-electron chi connectivity index (χ2n) is 6.35. The van der Waals surface area contributed by atoms with E-state index in [0.717, 1.165) is 31.0 Å². The van der Waals surface area contributed by atoms with Crippen LogP contribution in [0.5, 0.6) is 0 Å². The van der Waals surface area contributed by atoms with Crippen LogP contribution in [0.15, 0.2) is 62.2 Å². The molecule has 2 heterocycles. The second-order valence-corrected chi connectivity index (χ2v) is 8.87. The molecule has 1 aromatic carbocycles. The maximum absolute atomic E-state index is 13.0. The van der Waals surface area contributed by atoms with Crippen molar-refractivity contribution in [3.8, 4) is 0 Å². The fraction of sp³-hybridized carbons (Fsp3) is 0.412. The van der Waals surface area contributed by atoms with Gasteiger partial charge in [-0.15, -0.1) is 0 Å². The van der Waals surface area contributed by atoms with Gasteiger partial charge in [-0.2, -0.15) is 4.31 Å². The maximum Gasteiger partial charge on any atom is 0.241 e. The molecule has 0 amide bonds. The number of nitrogens with zero attached hydrogens (tertiary/aromatic N) is 4. The molecule has 0 saturated carbocycles. The van der Waals surface area contributed by atoms with E-state index in [2.05, 4.69) is 25.8 Å². The first-order chi connectivity index (χ1) is 12.1. The third kappa shape index (κ3) is 3.39. The molecular weight excluding hydrogens is 356 g/mol. The Bertz CT molecular complexity index is 865. The molecule has 1 aliphatic carbocycles. The average molecular weight is 377 g/mol. The van der Waals surface area contributed by atoms with Crippen LogP contribution < -0.4 is 0 Å². The third-order valence-electron chi connectivity index (χ3n) is 4.73. The Hall–Kier alpha value is -1.61. The van der Waals surface area contributed by atoms with Crippen LogP contribution in [0.1, 0.15) is 5.56 Å². The highest BCUT2D eigenvalue weighted by atomic mass is 32.2. The highest BCUT2D eigenvalue weighted by Crippen LogP contribution is 2.29. The van der Waals surface area contributed by atoms with E-state index in [9.17, 15) is 8.42 Å². The molecule has 0 radical (unpaired) electrons.